The zero-order valence-electron chi connectivity index (χ0n) is 10.9. The highest BCUT2D eigenvalue weighted by molar-refractivity contribution is 5.74. The Morgan fingerprint density at radius 1 is 1.41 bits per heavy atom. The minimum Gasteiger partial charge on any atom is -0.481 e. The first-order chi connectivity index (χ1) is 8.03. The van der Waals surface area contributed by atoms with E-state index < -0.39 is 11.4 Å². The molecule has 0 spiro atoms. The Morgan fingerprint density at radius 2 is 2.06 bits per heavy atom. The predicted octanol–water partition coefficient (Wildman–Crippen LogP) is 1.31. The summed E-state index contributed by atoms with van der Waals surface area (Å²) in [4.78, 5) is 13.8. The van der Waals surface area contributed by atoms with E-state index in [2.05, 4.69) is 17.1 Å². The van der Waals surface area contributed by atoms with E-state index in [9.17, 15) is 9.90 Å². The summed E-state index contributed by atoms with van der Waals surface area (Å²) in [5, 5.41) is 12.6. The van der Waals surface area contributed by atoms with Crippen molar-refractivity contribution < 1.29 is 9.90 Å². The lowest BCUT2D eigenvalue weighted by atomic mass is 9.73. The Bertz CT molecular complexity index is 285. The van der Waals surface area contributed by atoms with Gasteiger partial charge in [-0.2, -0.15) is 0 Å². The van der Waals surface area contributed by atoms with Crippen molar-refractivity contribution in [3.8, 4) is 0 Å². The van der Waals surface area contributed by atoms with Crippen molar-refractivity contribution >= 4 is 5.97 Å². The topological polar surface area (TPSA) is 52.6 Å². The summed E-state index contributed by atoms with van der Waals surface area (Å²) in [6.07, 6.45) is 3.72. The Morgan fingerprint density at radius 3 is 2.59 bits per heavy atom. The first kappa shape index (κ1) is 12.8. The summed E-state index contributed by atoms with van der Waals surface area (Å²) in [5.41, 5.74) is -0.478. The van der Waals surface area contributed by atoms with Gasteiger partial charge in [0.2, 0.25) is 0 Å². The number of aliphatic carboxylic acids is 1. The van der Waals surface area contributed by atoms with E-state index >= 15 is 0 Å². The van der Waals surface area contributed by atoms with Crippen LogP contribution in [0.15, 0.2) is 0 Å². The normalized spacial score (nSPS) is 40.1. The van der Waals surface area contributed by atoms with Gasteiger partial charge in [0.05, 0.1) is 5.41 Å². The molecule has 2 fully saturated rings. The van der Waals surface area contributed by atoms with Crippen molar-refractivity contribution in [1.29, 1.82) is 0 Å². The van der Waals surface area contributed by atoms with E-state index in [1.165, 1.54) is 0 Å². The van der Waals surface area contributed by atoms with E-state index in [0.717, 1.165) is 45.3 Å². The third-order valence-electron chi connectivity index (χ3n) is 4.60. The number of nitrogens with one attached hydrogen (secondary N) is 1. The van der Waals surface area contributed by atoms with Gasteiger partial charge in [-0.25, -0.2) is 0 Å². The zero-order valence-corrected chi connectivity index (χ0v) is 10.9. The van der Waals surface area contributed by atoms with Gasteiger partial charge in [0, 0.05) is 31.7 Å². The molecule has 0 aromatic carbocycles. The van der Waals surface area contributed by atoms with E-state index in [-0.39, 0.29) is 0 Å². The van der Waals surface area contributed by atoms with Gasteiger partial charge in [0.25, 0.3) is 0 Å². The summed E-state index contributed by atoms with van der Waals surface area (Å²) in [7, 11) is 0. The van der Waals surface area contributed by atoms with Gasteiger partial charge < -0.3 is 10.4 Å². The minimum atomic E-state index is -0.621. The number of rotatable bonds is 2. The van der Waals surface area contributed by atoms with Gasteiger partial charge in [-0.1, -0.05) is 0 Å². The second-order valence-corrected chi connectivity index (χ2v) is 5.89. The molecule has 0 amide bonds. The van der Waals surface area contributed by atoms with Crippen LogP contribution < -0.4 is 5.32 Å². The highest BCUT2D eigenvalue weighted by atomic mass is 16.4. The van der Waals surface area contributed by atoms with Crippen LogP contribution in [0.1, 0.15) is 39.5 Å². The molecule has 0 aromatic heterocycles. The Hall–Kier alpha value is -0.610. The fourth-order valence-corrected chi connectivity index (χ4v) is 3.18. The lowest BCUT2D eigenvalue weighted by Gasteiger charge is -2.44. The summed E-state index contributed by atoms with van der Waals surface area (Å²) >= 11 is 0. The third-order valence-corrected chi connectivity index (χ3v) is 4.60. The molecule has 1 unspecified atom stereocenters. The monoisotopic (exact) mass is 240 g/mol. The standard InChI is InChI=1S/C13H24N2O2/c1-10-9-14-7-8-15(10)11-3-5-13(2,6-4-11)12(16)17/h10-11,14H,3-9H2,1-2H3,(H,16,17). The largest absolute Gasteiger partial charge is 0.481 e. The molecule has 0 aromatic rings. The van der Waals surface area contributed by atoms with Crippen molar-refractivity contribution in [2.24, 2.45) is 5.41 Å². The Labute approximate surface area is 103 Å². The lowest BCUT2D eigenvalue weighted by Crippen LogP contribution is -2.55. The molecule has 1 atom stereocenters. The fraction of sp³-hybridized carbons (Fsp3) is 0.923. The lowest BCUT2D eigenvalue weighted by molar-refractivity contribution is -0.150. The molecule has 0 radical (unpaired) electrons. The van der Waals surface area contributed by atoms with Crippen molar-refractivity contribution in [3.63, 3.8) is 0 Å². The van der Waals surface area contributed by atoms with Crippen LogP contribution in [0.3, 0.4) is 0 Å². The molecule has 2 aliphatic rings. The van der Waals surface area contributed by atoms with Gasteiger partial charge in [-0.15, -0.1) is 0 Å². The molecule has 1 aliphatic carbocycles. The molecular formula is C13H24N2O2. The molecule has 1 saturated heterocycles. The van der Waals surface area contributed by atoms with Crippen LogP contribution in [-0.4, -0.2) is 47.7 Å². The van der Waals surface area contributed by atoms with Crippen LogP contribution in [0.2, 0.25) is 0 Å². The van der Waals surface area contributed by atoms with Gasteiger partial charge >= 0.3 is 5.97 Å². The molecule has 98 valence electrons. The SMILES string of the molecule is CC1CNCCN1C1CCC(C)(C(=O)O)CC1. The van der Waals surface area contributed by atoms with Crippen molar-refractivity contribution in [1.82, 2.24) is 10.2 Å². The molecule has 1 aliphatic heterocycles. The molecule has 17 heavy (non-hydrogen) atoms. The number of piperazine rings is 1. The second-order valence-electron chi connectivity index (χ2n) is 5.89. The highest BCUT2D eigenvalue weighted by Gasteiger charge is 2.39. The molecule has 0 bridgehead atoms. The number of hydrogen-bond donors (Lipinski definition) is 2. The van der Waals surface area contributed by atoms with E-state index in [1.54, 1.807) is 0 Å². The summed E-state index contributed by atoms with van der Waals surface area (Å²) in [5.74, 6) is -0.621. The molecule has 2 rings (SSSR count). The number of carboxylic acids is 1. The van der Waals surface area contributed by atoms with Gasteiger partial charge in [-0.05, 0) is 39.5 Å². The van der Waals surface area contributed by atoms with Crippen molar-refractivity contribution in [3.05, 3.63) is 0 Å². The summed E-state index contributed by atoms with van der Waals surface area (Å²) in [6, 6.07) is 1.18. The van der Waals surface area contributed by atoms with Crippen LogP contribution in [0.4, 0.5) is 0 Å². The van der Waals surface area contributed by atoms with Crippen LogP contribution in [0.5, 0.6) is 0 Å². The molecule has 2 N–H and O–H groups in total. The first-order valence-electron chi connectivity index (χ1n) is 6.73. The van der Waals surface area contributed by atoms with E-state index in [0.29, 0.717) is 12.1 Å². The molecule has 1 saturated carbocycles. The average Bonchev–Trinajstić information content (AvgIpc) is 2.31. The van der Waals surface area contributed by atoms with Gasteiger partial charge in [0.15, 0.2) is 0 Å². The maximum atomic E-state index is 11.2. The number of nitrogens with zero attached hydrogens (tertiary/aromatic N) is 1. The first-order valence-corrected chi connectivity index (χ1v) is 6.73. The molecule has 1 heterocycles. The van der Waals surface area contributed by atoms with E-state index in [1.807, 2.05) is 6.92 Å². The van der Waals surface area contributed by atoms with Gasteiger partial charge in [0.1, 0.15) is 0 Å². The van der Waals surface area contributed by atoms with Crippen LogP contribution in [0.25, 0.3) is 0 Å². The number of carbonyl (C=O) groups is 1. The molecule has 4 nitrogen and oxygen atoms in total. The Kier molecular flexibility index (Phi) is 3.73. The van der Waals surface area contributed by atoms with E-state index in [4.69, 9.17) is 0 Å². The predicted molar refractivity (Wildman–Crippen MR) is 67.0 cm³/mol. The Balaban J connectivity index is 1.92. The van der Waals surface area contributed by atoms with Crippen LogP contribution >= 0.6 is 0 Å². The fourth-order valence-electron chi connectivity index (χ4n) is 3.18. The number of hydrogen-bond acceptors (Lipinski definition) is 3. The van der Waals surface area contributed by atoms with Crippen molar-refractivity contribution in [2.45, 2.75) is 51.6 Å². The maximum absolute atomic E-state index is 11.2. The maximum Gasteiger partial charge on any atom is 0.309 e. The van der Waals surface area contributed by atoms with Crippen LogP contribution in [-0.2, 0) is 4.79 Å². The highest BCUT2D eigenvalue weighted by Crippen LogP contribution is 2.38. The second kappa shape index (κ2) is 4.94. The summed E-state index contributed by atoms with van der Waals surface area (Å²) in [6.45, 7) is 7.39. The molecule has 4 heteroatoms. The smallest absolute Gasteiger partial charge is 0.309 e. The molecular weight excluding hydrogens is 216 g/mol. The van der Waals surface area contributed by atoms with Crippen LogP contribution in [0, 0.1) is 5.41 Å². The average molecular weight is 240 g/mol. The van der Waals surface area contributed by atoms with Gasteiger partial charge in [-0.3, -0.25) is 9.69 Å². The van der Waals surface area contributed by atoms with Crippen molar-refractivity contribution in [2.75, 3.05) is 19.6 Å². The minimum absolute atomic E-state index is 0.478. The summed E-state index contributed by atoms with van der Waals surface area (Å²) < 4.78 is 0. The number of carboxylic acid groups (broad SMARTS) is 1. The zero-order chi connectivity index (χ0) is 12.5. The quantitative estimate of drug-likeness (QED) is 0.764. The third kappa shape index (κ3) is 2.63.